The van der Waals surface area contributed by atoms with Crippen LogP contribution in [0.15, 0.2) is 36.4 Å². The van der Waals surface area contributed by atoms with Gasteiger partial charge in [0.2, 0.25) is 0 Å². The molecule has 0 fully saturated rings. The lowest BCUT2D eigenvalue weighted by atomic mass is 10.0. The summed E-state index contributed by atoms with van der Waals surface area (Å²) >= 11 is 7.37. The second kappa shape index (κ2) is 6.96. The van der Waals surface area contributed by atoms with Gasteiger partial charge >= 0.3 is 6.03 Å². The van der Waals surface area contributed by atoms with Gasteiger partial charge in [-0.15, -0.1) is 11.3 Å². The molecule has 0 spiro atoms. The number of nitrogens with one attached hydrogen (secondary N) is 2. The van der Waals surface area contributed by atoms with E-state index >= 15 is 0 Å². The molecule has 1 unspecified atom stereocenters. The van der Waals surface area contributed by atoms with Crippen LogP contribution < -0.4 is 10.6 Å². The third kappa shape index (κ3) is 4.48. The molecule has 0 bridgehead atoms. The minimum atomic E-state index is -0.218. The van der Waals surface area contributed by atoms with E-state index in [0.29, 0.717) is 5.92 Å². The van der Waals surface area contributed by atoms with Gasteiger partial charge in [-0.1, -0.05) is 37.6 Å². The van der Waals surface area contributed by atoms with Gasteiger partial charge in [0.05, 0.1) is 10.4 Å². The Morgan fingerprint density at radius 3 is 2.29 bits per heavy atom. The Kier molecular flexibility index (Phi) is 5.26. The highest BCUT2D eigenvalue weighted by molar-refractivity contribution is 7.16. The lowest BCUT2D eigenvalue weighted by molar-refractivity contribution is 0.249. The van der Waals surface area contributed by atoms with Gasteiger partial charge in [-0.2, -0.15) is 0 Å². The molecular weight excluding hydrogens is 304 g/mol. The number of thiophene rings is 1. The van der Waals surface area contributed by atoms with Gasteiger partial charge in [-0.3, -0.25) is 0 Å². The second-order valence-corrected chi connectivity index (χ2v) is 6.99. The molecule has 0 aliphatic heterocycles. The molecule has 0 aliphatic rings. The van der Waals surface area contributed by atoms with Crippen molar-refractivity contribution in [2.75, 3.05) is 5.32 Å². The number of halogens is 1. The molecule has 2 rings (SSSR count). The molecule has 3 nitrogen and oxygen atoms in total. The lowest BCUT2D eigenvalue weighted by Gasteiger charge is -2.13. The van der Waals surface area contributed by atoms with E-state index in [1.165, 1.54) is 16.9 Å². The van der Waals surface area contributed by atoms with Crippen LogP contribution in [0.25, 0.3) is 0 Å². The van der Waals surface area contributed by atoms with E-state index < -0.39 is 0 Å². The van der Waals surface area contributed by atoms with Crippen molar-refractivity contribution in [1.82, 2.24) is 5.32 Å². The van der Waals surface area contributed by atoms with E-state index in [4.69, 9.17) is 11.6 Å². The van der Waals surface area contributed by atoms with Crippen molar-refractivity contribution in [2.45, 2.75) is 32.7 Å². The van der Waals surface area contributed by atoms with E-state index in [1.54, 1.807) is 0 Å². The fourth-order valence-electron chi connectivity index (χ4n) is 1.95. The third-order valence-corrected chi connectivity index (χ3v) is 4.62. The van der Waals surface area contributed by atoms with Gasteiger partial charge in [0.1, 0.15) is 0 Å². The molecule has 2 N–H and O–H groups in total. The number of hydrogen-bond acceptors (Lipinski definition) is 2. The van der Waals surface area contributed by atoms with Crippen LogP contribution in [0, 0.1) is 0 Å². The van der Waals surface area contributed by atoms with Gasteiger partial charge in [0.15, 0.2) is 0 Å². The van der Waals surface area contributed by atoms with Crippen LogP contribution in [-0.2, 0) is 0 Å². The zero-order valence-electron chi connectivity index (χ0n) is 12.3. The Hall–Kier alpha value is -1.52. The summed E-state index contributed by atoms with van der Waals surface area (Å²) in [5.41, 5.74) is 2.04. The SMILES string of the molecule is CC(C)c1ccc(NC(=O)NC(C)c2ccc(Cl)s2)cc1. The maximum absolute atomic E-state index is 12.0. The maximum atomic E-state index is 12.0. The molecule has 2 amide bonds. The summed E-state index contributed by atoms with van der Waals surface area (Å²) in [6, 6.07) is 11.4. The quantitative estimate of drug-likeness (QED) is 0.776. The monoisotopic (exact) mass is 322 g/mol. The summed E-state index contributed by atoms with van der Waals surface area (Å²) in [6.07, 6.45) is 0. The van der Waals surface area contributed by atoms with Crippen molar-refractivity contribution in [3.63, 3.8) is 0 Å². The van der Waals surface area contributed by atoms with E-state index in [1.807, 2.05) is 43.3 Å². The summed E-state index contributed by atoms with van der Waals surface area (Å²) in [5.74, 6) is 0.483. The molecule has 0 saturated carbocycles. The average molecular weight is 323 g/mol. The van der Waals surface area contributed by atoms with Crippen molar-refractivity contribution in [1.29, 1.82) is 0 Å². The van der Waals surface area contributed by atoms with Crippen LogP contribution >= 0.6 is 22.9 Å². The largest absolute Gasteiger partial charge is 0.331 e. The summed E-state index contributed by atoms with van der Waals surface area (Å²) in [6.45, 7) is 6.22. The van der Waals surface area contributed by atoms with E-state index in [2.05, 4.69) is 24.5 Å². The second-order valence-electron chi connectivity index (χ2n) is 5.24. The number of amides is 2. The van der Waals surface area contributed by atoms with Gasteiger partial charge in [0, 0.05) is 10.6 Å². The molecule has 2 aromatic rings. The highest BCUT2D eigenvalue weighted by Gasteiger charge is 2.11. The number of hydrogen-bond donors (Lipinski definition) is 2. The van der Waals surface area contributed by atoms with Crippen LogP contribution in [0.2, 0.25) is 4.34 Å². The minimum absolute atomic E-state index is 0.0718. The van der Waals surface area contributed by atoms with Crippen molar-refractivity contribution < 1.29 is 4.79 Å². The standard InChI is InChI=1S/C16H19ClN2OS/c1-10(2)12-4-6-13(7-5-12)19-16(20)18-11(3)14-8-9-15(17)21-14/h4-11H,1-3H3,(H2,18,19,20). The Labute approximate surface area is 134 Å². The molecule has 0 saturated heterocycles. The molecule has 0 radical (unpaired) electrons. The van der Waals surface area contributed by atoms with Crippen molar-refractivity contribution >= 4 is 34.7 Å². The normalized spacial score (nSPS) is 12.2. The van der Waals surface area contributed by atoms with Crippen LogP contribution in [-0.4, -0.2) is 6.03 Å². The van der Waals surface area contributed by atoms with Crippen LogP contribution in [0.1, 0.15) is 43.2 Å². The molecule has 1 aromatic carbocycles. The van der Waals surface area contributed by atoms with Crippen molar-refractivity contribution in [3.8, 4) is 0 Å². The first kappa shape index (κ1) is 15.9. The molecule has 21 heavy (non-hydrogen) atoms. The molecule has 112 valence electrons. The molecule has 1 heterocycles. The number of rotatable bonds is 4. The number of urea groups is 1. The zero-order chi connectivity index (χ0) is 15.4. The fourth-order valence-corrected chi connectivity index (χ4v) is 3.01. The molecule has 0 aliphatic carbocycles. The number of carbonyl (C=O) groups excluding carboxylic acids is 1. The first-order valence-corrected chi connectivity index (χ1v) is 8.08. The Morgan fingerprint density at radius 2 is 1.76 bits per heavy atom. The molecular formula is C16H19ClN2OS. The third-order valence-electron chi connectivity index (χ3n) is 3.20. The van der Waals surface area contributed by atoms with E-state index in [9.17, 15) is 4.79 Å². The van der Waals surface area contributed by atoms with Crippen LogP contribution in [0.4, 0.5) is 10.5 Å². The topological polar surface area (TPSA) is 41.1 Å². The summed E-state index contributed by atoms with van der Waals surface area (Å²) in [7, 11) is 0. The van der Waals surface area contributed by atoms with Crippen LogP contribution in [0.3, 0.4) is 0 Å². The predicted octanol–water partition coefficient (Wildman–Crippen LogP) is 5.41. The van der Waals surface area contributed by atoms with Gasteiger partial charge in [-0.25, -0.2) is 4.79 Å². The predicted molar refractivity (Wildman–Crippen MR) is 90.4 cm³/mol. The Balaban J connectivity index is 1.92. The Bertz CT molecular complexity index is 607. The van der Waals surface area contributed by atoms with Crippen molar-refractivity contribution in [3.05, 3.63) is 51.2 Å². The van der Waals surface area contributed by atoms with Gasteiger partial charge in [0.25, 0.3) is 0 Å². The summed E-state index contributed by atoms with van der Waals surface area (Å²) in [5, 5.41) is 5.73. The van der Waals surface area contributed by atoms with E-state index in [-0.39, 0.29) is 12.1 Å². The summed E-state index contributed by atoms with van der Waals surface area (Å²) < 4.78 is 0.725. The smallest absolute Gasteiger partial charge is 0.319 e. The Morgan fingerprint density at radius 1 is 1.10 bits per heavy atom. The number of carbonyl (C=O) groups is 1. The number of anilines is 1. The maximum Gasteiger partial charge on any atom is 0.319 e. The molecule has 1 atom stereocenters. The minimum Gasteiger partial charge on any atom is -0.331 e. The average Bonchev–Trinajstić information content (AvgIpc) is 2.86. The highest BCUT2D eigenvalue weighted by atomic mass is 35.5. The van der Waals surface area contributed by atoms with Crippen LogP contribution in [0.5, 0.6) is 0 Å². The lowest BCUT2D eigenvalue weighted by Crippen LogP contribution is -2.30. The number of benzene rings is 1. The van der Waals surface area contributed by atoms with E-state index in [0.717, 1.165) is 14.9 Å². The van der Waals surface area contributed by atoms with Gasteiger partial charge in [-0.05, 0) is 42.7 Å². The zero-order valence-corrected chi connectivity index (χ0v) is 13.9. The van der Waals surface area contributed by atoms with Gasteiger partial charge < -0.3 is 10.6 Å². The molecule has 1 aromatic heterocycles. The summed E-state index contributed by atoms with van der Waals surface area (Å²) in [4.78, 5) is 13.0. The first-order chi connectivity index (χ1) is 9.95. The first-order valence-electron chi connectivity index (χ1n) is 6.88. The van der Waals surface area contributed by atoms with Crippen molar-refractivity contribution in [2.24, 2.45) is 0 Å². The highest BCUT2D eigenvalue weighted by Crippen LogP contribution is 2.26. The fraction of sp³-hybridized carbons (Fsp3) is 0.312. The molecule has 5 heteroatoms.